The summed E-state index contributed by atoms with van der Waals surface area (Å²) in [6.07, 6.45) is 1.30. The standard InChI is InChI=1S/C15H17ClO4/c1-8(2)11-9(15(3-4-15)14(17)18)7-10-13(12(11)16)20-6-5-19-10/h7-8H,3-6H2,1-2H3,(H,17,18). The van der Waals surface area contributed by atoms with Gasteiger partial charge < -0.3 is 14.6 Å². The number of carbonyl (C=O) groups is 1. The van der Waals surface area contributed by atoms with Gasteiger partial charge in [-0.25, -0.2) is 0 Å². The summed E-state index contributed by atoms with van der Waals surface area (Å²) in [4.78, 5) is 11.6. The SMILES string of the molecule is CC(C)c1c(C2(C(=O)O)CC2)cc2c(c1Cl)OCCO2. The molecule has 3 rings (SSSR count). The van der Waals surface area contributed by atoms with Crippen LogP contribution in [0, 0.1) is 0 Å². The van der Waals surface area contributed by atoms with E-state index in [1.165, 1.54) is 0 Å². The average molecular weight is 297 g/mol. The van der Waals surface area contributed by atoms with Crippen molar-refractivity contribution in [3.63, 3.8) is 0 Å². The molecule has 0 spiro atoms. The first-order chi connectivity index (χ1) is 9.47. The number of aliphatic carboxylic acids is 1. The zero-order chi connectivity index (χ0) is 14.5. The van der Waals surface area contributed by atoms with Gasteiger partial charge in [0.25, 0.3) is 0 Å². The maximum Gasteiger partial charge on any atom is 0.314 e. The number of hydrogen-bond donors (Lipinski definition) is 1. The second kappa shape index (κ2) is 4.55. The Hall–Kier alpha value is -1.42. The van der Waals surface area contributed by atoms with Crippen molar-refractivity contribution in [2.45, 2.75) is 38.0 Å². The van der Waals surface area contributed by atoms with E-state index >= 15 is 0 Å². The molecule has 1 aromatic rings. The molecule has 0 unspecified atom stereocenters. The highest BCUT2D eigenvalue weighted by molar-refractivity contribution is 6.33. The molecule has 1 N–H and O–H groups in total. The van der Waals surface area contributed by atoms with Gasteiger partial charge in [0.15, 0.2) is 11.5 Å². The fourth-order valence-corrected chi connectivity index (χ4v) is 3.31. The molecule has 108 valence electrons. The van der Waals surface area contributed by atoms with Crippen molar-refractivity contribution in [2.75, 3.05) is 13.2 Å². The first kappa shape index (κ1) is 13.6. The molecule has 2 aliphatic rings. The molecule has 1 aliphatic heterocycles. The van der Waals surface area contributed by atoms with E-state index in [1.807, 2.05) is 19.9 Å². The van der Waals surface area contributed by atoms with Gasteiger partial charge in [-0.3, -0.25) is 4.79 Å². The number of rotatable bonds is 3. The van der Waals surface area contributed by atoms with Gasteiger partial charge in [0.1, 0.15) is 13.2 Å². The molecule has 0 radical (unpaired) electrons. The maximum absolute atomic E-state index is 11.6. The van der Waals surface area contributed by atoms with Crippen LogP contribution >= 0.6 is 11.6 Å². The molecule has 5 heteroatoms. The van der Waals surface area contributed by atoms with E-state index in [0.717, 1.165) is 11.1 Å². The average Bonchev–Trinajstić information content (AvgIpc) is 3.19. The molecule has 1 heterocycles. The molecule has 0 amide bonds. The van der Waals surface area contributed by atoms with E-state index in [0.29, 0.717) is 42.6 Å². The van der Waals surface area contributed by atoms with Crippen molar-refractivity contribution >= 4 is 17.6 Å². The van der Waals surface area contributed by atoms with Crippen LogP contribution in [0.3, 0.4) is 0 Å². The van der Waals surface area contributed by atoms with E-state index < -0.39 is 11.4 Å². The molecule has 4 nitrogen and oxygen atoms in total. The summed E-state index contributed by atoms with van der Waals surface area (Å²) in [5, 5.41) is 10.0. The topological polar surface area (TPSA) is 55.8 Å². The Balaban J connectivity index is 2.23. The quantitative estimate of drug-likeness (QED) is 0.929. The molecule has 1 fully saturated rings. The van der Waals surface area contributed by atoms with Crippen LogP contribution in [-0.4, -0.2) is 24.3 Å². The highest BCUT2D eigenvalue weighted by atomic mass is 35.5. The molecular formula is C15H17ClO4. The number of fused-ring (bicyclic) bond motifs is 1. The zero-order valence-corrected chi connectivity index (χ0v) is 12.3. The number of benzene rings is 1. The molecular weight excluding hydrogens is 280 g/mol. The highest BCUT2D eigenvalue weighted by Gasteiger charge is 2.54. The van der Waals surface area contributed by atoms with Crippen molar-refractivity contribution < 1.29 is 19.4 Å². The number of hydrogen-bond acceptors (Lipinski definition) is 3. The van der Waals surface area contributed by atoms with E-state index in [2.05, 4.69) is 0 Å². The smallest absolute Gasteiger partial charge is 0.314 e. The van der Waals surface area contributed by atoms with Crippen LogP contribution in [0.5, 0.6) is 11.5 Å². The van der Waals surface area contributed by atoms with Gasteiger partial charge in [-0.15, -0.1) is 0 Å². The summed E-state index contributed by atoms with van der Waals surface area (Å²) in [6, 6.07) is 1.82. The van der Waals surface area contributed by atoms with Gasteiger partial charge in [0.2, 0.25) is 0 Å². The van der Waals surface area contributed by atoms with Crippen LogP contribution in [0.1, 0.15) is 43.7 Å². The maximum atomic E-state index is 11.6. The van der Waals surface area contributed by atoms with Crippen molar-refractivity contribution in [1.29, 1.82) is 0 Å². The summed E-state index contributed by atoms with van der Waals surface area (Å²) in [5.41, 5.74) is 0.865. The van der Waals surface area contributed by atoms with Gasteiger partial charge >= 0.3 is 5.97 Å². The number of carboxylic acids is 1. The Labute approximate surface area is 122 Å². The van der Waals surface area contributed by atoms with Crippen LogP contribution in [0.2, 0.25) is 5.02 Å². The van der Waals surface area contributed by atoms with Crippen LogP contribution in [-0.2, 0) is 10.2 Å². The summed E-state index contributed by atoms with van der Waals surface area (Å²) in [5.74, 6) is 0.456. The first-order valence-electron chi connectivity index (χ1n) is 6.83. The monoisotopic (exact) mass is 296 g/mol. The Morgan fingerprint density at radius 2 is 2.00 bits per heavy atom. The highest BCUT2D eigenvalue weighted by Crippen LogP contribution is 2.55. The molecule has 1 aliphatic carbocycles. The molecule has 0 aromatic heterocycles. The van der Waals surface area contributed by atoms with Crippen molar-refractivity contribution in [3.05, 3.63) is 22.2 Å². The number of ether oxygens (including phenoxy) is 2. The van der Waals surface area contributed by atoms with Gasteiger partial charge in [-0.2, -0.15) is 0 Å². The second-order valence-corrected chi connectivity index (χ2v) is 6.10. The third kappa shape index (κ3) is 1.85. The minimum atomic E-state index is -0.793. The van der Waals surface area contributed by atoms with Crippen LogP contribution in [0.25, 0.3) is 0 Å². The van der Waals surface area contributed by atoms with Crippen molar-refractivity contribution in [1.82, 2.24) is 0 Å². The Kier molecular flexibility index (Phi) is 3.09. The van der Waals surface area contributed by atoms with Crippen molar-refractivity contribution in [3.8, 4) is 11.5 Å². The van der Waals surface area contributed by atoms with Gasteiger partial charge in [0, 0.05) is 0 Å². The third-order valence-electron chi connectivity index (χ3n) is 4.06. The molecule has 1 saturated carbocycles. The van der Waals surface area contributed by atoms with E-state index in [1.54, 1.807) is 0 Å². The Bertz CT molecular complexity index is 576. The molecule has 0 saturated heterocycles. The molecule has 0 bridgehead atoms. The summed E-state index contributed by atoms with van der Waals surface area (Å²) >= 11 is 6.47. The van der Waals surface area contributed by atoms with Crippen LogP contribution in [0.4, 0.5) is 0 Å². The van der Waals surface area contributed by atoms with E-state index in [9.17, 15) is 9.90 Å². The summed E-state index contributed by atoms with van der Waals surface area (Å²) < 4.78 is 11.2. The molecule has 20 heavy (non-hydrogen) atoms. The predicted octanol–water partition coefficient (Wildman–Crippen LogP) is 3.35. The third-order valence-corrected chi connectivity index (χ3v) is 4.44. The van der Waals surface area contributed by atoms with E-state index in [-0.39, 0.29) is 5.92 Å². The summed E-state index contributed by atoms with van der Waals surface area (Å²) in [7, 11) is 0. The lowest BCUT2D eigenvalue weighted by Crippen LogP contribution is -2.24. The minimum absolute atomic E-state index is 0.130. The first-order valence-corrected chi connectivity index (χ1v) is 7.21. The largest absolute Gasteiger partial charge is 0.486 e. The van der Waals surface area contributed by atoms with E-state index in [4.69, 9.17) is 21.1 Å². The zero-order valence-electron chi connectivity index (χ0n) is 11.5. The second-order valence-electron chi connectivity index (χ2n) is 5.72. The lowest BCUT2D eigenvalue weighted by molar-refractivity contribution is -0.140. The Morgan fingerprint density at radius 3 is 2.55 bits per heavy atom. The number of carboxylic acid groups (broad SMARTS) is 1. The lowest BCUT2D eigenvalue weighted by atomic mass is 9.86. The Morgan fingerprint density at radius 1 is 1.35 bits per heavy atom. The number of halogens is 1. The van der Waals surface area contributed by atoms with Crippen LogP contribution in [0.15, 0.2) is 6.07 Å². The van der Waals surface area contributed by atoms with Gasteiger partial charge in [-0.1, -0.05) is 25.4 Å². The van der Waals surface area contributed by atoms with Gasteiger partial charge in [-0.05, 0) is 36.0 Å². The van der Waals surface area contributed by atoms with Crippen LogP contribution < -0.4 is 9.47 Å². The fraction of sp³-hybridized carbons (Fsp3) is 0.533. The normalized spacial score (nSPS) is 19.0. The fourth-order valence-electron chi connectivity index (χ4n) is 2.84. The van der Waals surface area contributed by atoms with Gasteiger partial charge in [0.05, 0.1) is 10.4 Å². The predicted molar refractivity (Wildman–Crippen MR) is 75.1 cm³/mol. The van der Waals surface area contributed by atoms with Crippen molar-refractivity contribution in [2.24, 2.45) is 0 Å². The molecule has 0 atom stereocenters. The minimum Gasteiger partial charge on any atom is -0.486 e. The lowest BCUT2D eigenvalue weighted by Gasteiger charge is -2.26. The molecule has 1 aromatic carbocycles. The summed E-state index contributed by atoms with van der Waals surface area (Å²) in [6.45, 7) is 4.95.